The second kappa shape index (κ2) is 3.80. The number of hydrogen-bond donors (Lipinski definition) is 0. The van der Waals surface area contributed by atoms with E-state index in [1.54, 1.807) is 24.3 Å². The lowest BCUT2D eigenvalue weighted by molar-refractivity contribution is -0.123. The van der Waals surface area contributed by atoms with Crippen molar-refractivity contribution in [2.75, 3.05) is 4.90 Å². The molecule has 0 aromatic heterocycles. The summed E-state index contributed by atoms with van der Waals surface area (Å²) in [4.78, 5) is 26.4. The number of allylic oxidation sites excluding steroid dienone is 2. The molecule has 4 atom stereocenters. The monoisotopic (exact) mass is 264 g/mol. The van der Waals surface area contributed by atoms with Gasteiger partial charge in [0, 0.05) is 0 Å². The largest absolute Gasteiger partial charge is 0.274 e. The van der Waals surface area contributed by atoms with E-state index in [1.807, 2.05) is 6.07 Å². The molecule has 98 valence electrons. The number of hydrogen-bond acceptors (Lipinski definition) is 3. The van der Waals surface area contributed by atoms with E-state index >= 15 is 0 Å². The number of fused-ring (bicyclic) bond motifs is 5. The third-order valence-electron chi connectivity index (χ3n) is 4.72. The third-order valence-corrected chi connectivity index (χ3v) is 4.72. The van der Waals surface area contributed by atoms with E-state index in [9.17, 15) is 9.59 Å². The summed E-state index contributed by atoms with van der Waals surface area (Å²) in [7, 11) is 0. The molecular weight excluding hydrogens is 252 g/mol. The molecular formula is C16H12N2O2. The van der Waals surface area contributed by atoms with Crippen LogP contribution in [0.15, 0.2) is 36.4 Å². The minimum Gasteiger partial charge on any atom is -0.274 e. The van der Waals surface area contributed by atoms with Crippen molar-refractivity contribution >= 4 is 17.5 Å². The number of carbonyl (C=O) groups excluding carboxylic acids is 2. The number of benzene rings is 1. The van der Waals surface area contributed by atoms with Gasteiger partial charge in [0.15, 0.2) is 0 Å². The average molecular weight is 264 g/mol. The number of nitrogens with zero attached hydrogens (tertiary/aromatic N) is 2. The van der Waals surface area contributed by atoms with Crippen molar-refractivity contribution in [3.05, 3.63) is 42.0 Å². The lowest BCUT2D eigenvalue weighted by Crippen LogP contribution is -2.32. The standard InChI is InChI=1S/C16H12N2O2/c17-8-9-1-5-12(6-2-9)18-15(19)13-10-3-4-11(7-10)14(13)16(18)20/h1-6,10-11,13-14H,7H2. The highest BCUT2D eigenvalue weighted by Gasteiger charge is 2.59. The minimum absolute atomic E-state index is 0.0819. The van der Waals surface area contributed by atoms with Crippen LogP contribution in [0.4, 0.5) is 5.69 Å². The molecule has 0 N–H and O–H groups in total. The molecule has 1 aliphatic heterocycles. The lowest BCUT2D eigenvalue weighted by Gasteiger charge is -2.17. The zero-order valence-corrected chi connectivity index (χ0v) is 10.7. The van der Waals surface area contributed by atoms with Crippen molar-refractivity contribution in [2.24, 2.45) is 23.7 Å². The molecule has 3 aliphatic rings. The number of nitriles is 1. The molecule has 1 aromatic rings. The van der Waals surface area contributed by atoms with Gasteiger partial charge in [0.25, 0.3) is 0 Å². The summed E-state index contributed by atoms with van der Waals surface area (Å²) in [6.45, 7) is 0. The SMILES string of the molecule is N#Cc1ccc(N2C(=O)C3C4C=CC(C4)C3C2=O)cc1. The normalized spacial score (nSPS) is 33.6. The van der Waals surface area contributed by atoms with Crippen LogP contribution in [-0.4, -0.2) is 11.8 Å². The van der Waals surface area contributed by atoms with Crippen LogP contribution >= 0.6 is 0 Å². The summed E-state index contributed by atoms with van der Waals surface area (Å²) in [5.74, 6) is -0.0564. The number of amides is 2. The number of carbonyl (C=O) groups is 2. The second-order valence-electron chi connectivity index (χ2n) is 5.67. The molecule has 2 bridgehead atoms. The fraction of sp³-hybridized carbons (Fsp3) is 0.312. The molecule has 2 amide bonds. The summed E-state index contributed by atoms with van der Waals surface area (Å²) < 4.78 is 0. The molecule has 1 heterocycles. The number of imide groups is 1. The zero-order valence-electron chi connectivity index (χ0n) is 10.7. The molecule has 4 heteroatoms. The highest BCUT2D eigenvalue weighted by atomic mass is 16.2. The maximum Gasteiger partial charge on any atom is 0.238 e. The summed E-state index contributed by atoms with van der Waals surface area (Å²) in [5, 5.41) is 8.80. The molecule has 4 unspecified atom stereocenters. The summed E-state index contributed by atoms with van der Waals surface area (Å²) >= 11 is 0. The predicted octanol–water partition coefficient (Wildman–Crippen LogP) is 1.87. The van der Waals surface area contributed by atoms with Crippen molar-refractivity contribution < 1.29 is 9.59 Å². The van der Waals surface area contributed by atoms with Gasteiger partial charge in [0.2, 0.25) is 11.8 Å². The van der Waals surface area contributed by atoms with Crippen molar-refractivity contribution in [3.8, 4) is 6.07 Å². The first-order chi connectivity index (χ1) is 9.70. The van der Waals surface area contributed by atoms with Gasteiger partial charge in [-0.1, -0.05) is 12.2 Å². The molecule has 4 nitrogen and oxygen atoms in total. The zero-order chi connectivity index (χ0) is 13.9. The van der Waals surface area contributed by atoms with Gasteiger partial charge >= 0.3 is 0 Å². The highest BCUT2D eigenvalue weighted by molar-refractivity contribution is 6.22. The van der Waals surface area contributed by atoms with Gasteiger partial charge in [-0.25, -0.2) is 0 Å². The molecule has 1 saturated carbocycles. The van der Waals surface area contributed by atoms with Crippen LogP contribution in [0.1, 0.15) is 12.0 Å². The molecule has 2 fully saturated rings. The topological polar surface area (TPSA) is 61.2 Å². The van der Waals surface area contributed by atoms with Gasteiger partial charge in [0.1, 0.15) is 0 Å². The Balaban J connectivity index is 1.72. The molecule has 20 heavy (non-hydrogen) atoms. The first-order valence-electron chi connectivity index (χ1n) is 6.77. The van der Waals surface area contributed by atoms with Gasteiger partial charge in [-0.15, -0.1) is 0 Å². The lowest BCUT2D eigenvalue weighted by atomic mass is 9.85. The van der Waals surface area contributed by atoms with Gasteiger partial charge in [0.05, 0.1) is 29.2 Å². The van der Waals surface area contributed by atoms with E-state index in [4.69, 9.17) is 5.26 Å². The van der Waals surface area contributed by atoms with Crippen LogP contribution in [0, 0.1) is 35.0 Å². The molecule has 1 aromatic carbocycles. The number of rotatable bonds is 1. The smallest absolute Gasteiger partial charge is 0.238 e. The van der Waals surface area contributed by atoms with E-state index in [0.717, 1.165) is 6.42 Å². The Kier molecular flexibility index (Phi) is 2.17. The van der Waals surface area contributed by atoms with Gasteiger partial charge < -0.3 is 0 Å². The van der Waals surface area contributed by atoms with Crippen LogP contribution in [0.2, 0.25) is 0 Å². The van der Waals surface area contributed by atoms with Crippen LogP contribution in [0.3, 0.4) is 0 Å². The Labute approximate surface area is 116 Å². The van der Waals surface area contributed by atoms with Crippen LogP contribution in [0.5, 0.6) is 0 Å². The highest BCUT2D eigenvalue weighted by Crippen LogP contribution is 2.53. The van der Waals surface area contributed by atoms with Crippen molar-refractivity contribution in [2.45, 2.75) is 6.42 Å². The van der Waals surface area contributed by atoms with Crippen molar-refractivity contribution in [1.29, 1.82) is 5.26 Å². The Morgan fingerprint density at radius 2 is 1.55 bits per heavy atom. The van der Waals surface area contributed by atoms with Gasteiger partial charge in [-0.05, 0) is 42.5 Å². The molecule has 4 rings (SSSR count). The Hall–Kier alpha value is -2.41. The van der Waals surface area contributed by atoms with Crippen molar-refractivity contribution in [1.82, 2.24) is 0 Å². The second-order valence-corrected chi connectivity index (χ2v) is 5.67. The molecule has 0 spiro atoms. The predicted molar refractivity (Wildman–Crippen MR) is 71.4 cm³/mol. The molecule has 2 aliphatic carbocycles. The first-order valence-corrected chi connectivity index (χ1v) is 6.77. The maximum absolute atomic E-state index is 12.5. The first kappa shape index (κ1) is 11.4. The van der Waals surface area contributed by atoms with Gasteiger partial charge in [-0.3, -0.25) is 14.5 Å². The quantitative estimate of drug-likeness (QED) is 0.574. The Morgan fingerprint density at radius 1 is 1.00 bits per heavy atom. The number of anilines is 1. The van der Waals surface area contributed by atoms with E-state index in [2.05, 4.69) is 12.2 Å². The fourth-order valence-corrected chi connectivity index (χ4v) is 3.84. The van der Waals surface area contributed by atoms with E-state index in [0.29, 0.717) is 11.3 Å². The third kappa shape index (κ3) is 1.30. The van der Waals surface area contributed by atoms with Crippen molar-refractivity contribution in [3.63, 3.8) is 0 Å². The van der Waals surface area contributed by atoms with Crippen LogP contribution < -0.4 is 4.90 Å². The van der Waals surface area contributed by atoms with E-state index in [-0.39, 0.29) is 35.5 Å². The minimum atomic E-state index is -0.173. The van der Waals surface area contributed by atoms with Gasteiger partial charge in [-0.2, -0.15) is 5.26 Å². The van der Waals surface area contributed by atoms with Crippen LogP contribution in [-0.2, 0) is 9.59 Å². The Morgan fingerprint density at radius 3 is 2.05 bits per heavy atom. The Bertz CT molecular complexity index is 653. The summed E-state index contributed by atoms with van der Waals surface area (Å²) in [6.07, 6.45) is 5.10. The molecule has 0 radical (unpaired) electrons. The maximum atomic E-state index is 12.5. The van der Waals surface area contributed by atoms with Crippen LogP contribution in [0.25, 0.3) is 0 Å². The van der Waals surface area contributed by atoms with E-state index < -0.39 is 0 Å². The molecule has 1 saturated heterocycles. The fourth-order valence-electron chi connectivity index (χ4n) is 3.84. The summed E-state index contributed by atoms with van der Waals surface area (Å²) in [5.41, 5.74) is 1.10. The van der Waals surface area contributed by atoms with E-state index in [1.165, 1.54) is 4.90 Å². The summed E-state index contributed by atoms with van der Waals surface area (Å²) in [6, 6.07) is 8.65. The average Bonchev–Trinajstić information content (AvgIpc) is 3.14.